The van der Waals surface area contributed by atoms with Crippen molar-refractivity contribution in [1.29, 1.82) is 0 Å². The fourth-order valence-electron chi connectivity index (χ4n) is 4.05. The Bertz CT molecular complexity index is 550. The molecule has 2 bridgehead atoms. The monoisotopic (exact) mass is 293 g/mol. The van der Waals surface area contributed by atoms with Crippen LogP contribution < -0.4 is 4.74 Å². The molecule has 5 nitrogen and oxygen atoms in total. The largest absolute Gasteiger partial charge is 0.463 e. The van der Waals surface area contributed by atoms with Crippen LogP contribution in [0.3, 0.4) is 0 Å². The van der Waals surface area contributed by atoms with Crippen LogP contribution in [-0.4, -0.2) is 23.8 Å². The molecule has 1 aromatic heterocycles. The minimum Gasteiger partial charge on any atom is -0.463 e. The molecule has 2 fully saturated rings. The Morgan fingerprint density at radius 3 is 2.76 bits per heavy atom. The molecule has 2 aliphatic carbocycles. The number of aromatic nitrogens is 1. The molecule has 116 valence electrons. The lowest BCUT2D eigenvalue weighted by Gasteiger charge is -2.38. The highest BCUT2D eigenvalue weighted by Crippen LogP contribution is 2.66. The van der Waals surface area contributed by atoms with Gasteiger partial charge in [-0.1, -0.05) is 20.8 Å². The number of aryl methyl sites for hydroxylation is 1. The summed E-state index contributed by atoms with van der Waals surface area (Å²) in [6, 6.07) is 1.65. The molecule has 3 rings (SSSR count). The van der Waals surface area contributed by atoms with Gasteiger partial charge < -0.3 is 14.0 Å². The summed E-state index contributed by atoms with van der Waals surface area (Å²) in [7, 11) is 0. The zero-order valence-electron chi connectivity index (χ0n) is 13.1. The molecular weight excluding hydrogens is 270 g/mol. The molecule has 0 radical (unpaired) electrons. The van der Waals surface area contributed by atoms with Gasteiger partial charge in [-0.3, -0.25) is 0 Å². The van der Waals surface area contributed by atoms with E-state index < -0.39 is 0 Å². The minimum absolute atomic E-state index is 0.00129. The van der Waals surface area contributed by atoms with Crippen LogP contribution in [0.5, 0.6) is 5.88 Å². The van der Waals surface area contributed by atoms with Gasteiger partial charge in [0.05, 0.1) is 0 Å². The van der Waals surface area contributed by atoms with Crippen LogP contribution in [0.15, 0.2) is 10.6 Å². The van der Waals surface area contributed by atoms with Crippen molar-refractivity contribution in [2.45, 2.75) is 53.1 Å². The highest BCUT2D eigenvalue weighted by molar-refractivity contribution is 5.71. The highest BCUT2D eigenvalue weighted by atomic mass is 16.6. The Balaban J connectivity index is 1.56. The molecule has 1 aromatic rings. The van der Waals surface area contributed by atoms with E-state index in [4.69, 9.17) is 14.0 Å². The third-order valence-electron chi connectivity index (χ3n) is 5.93. The van der Waals surface area contributed by atoms with Crippen molar-refractivity contribution in [3.05, 3.63) is 11.8 Å². The highest BCUT2D eigenvalue weighted by Gasteiger charge is 2.62. The summed E-state index contributed by atoms with van der Waals surface area (Å²) in [4.78, 5) is 12.0. The number of rotatable bonds is 4. The Hall–Kier alpha value is -1.52. The summed E-state index contributed by atoms with van der Waals surface area (Å²) in [5, 5.41) is 3.69. The second kappa shape index (κ2) is 4.75. The van der Waals surface area contributed by atoms with Gasteiger partial charge in [-0.05, 0) is 42.7 Å². The smallest absolute Gasteiger partial charge is 0.344 e. The van der Waals surface area contributed by atoms with Crippen LogP contribution in [0.25, 0.3) is 0 Å². The summed E-state index contributed by atoms with van der Waals surface area (Å²) in [5.41, 5.74) is 0.319. The molecule has 0 N–H and O–H groups in total. The number of ether oxygens (including phenoxy) is 2. The van der Waals surface area contributed by atoms with Gasteiger partial charge >= 0.3 is 5.97 Å². The normalized spacial score (nSPS) is 33.1. The molecular formula is C16H23NO4. The van der Waals surface area contributed by atoms with E-state index in [1.54, 1.807) is 13.0 Å². The Kier molecular flexibility index (Phi) is 3.26. The van der Waals surface area contributed by atoms with E-state index in [9.17, 15) is 4.79 Å². The SMILES string of the molecule is Cc1cc(OCC(=O)OC2CC3CCC2(C)C3(C)C)no1. The van der Waals surface area contributed by atoms with E-state index in [1.807, 2.05) is 0 Å². The van der Waals surface area contributed by atoms with Crippen molar-refractivity contribution in [2.24, 2.45) is 16.7 Å². The van der Waals surface area contributed by atoms with Gasteiger partial charge in [0.15, 0.2) is 6.61 Å². The van der Waals surface area contributed by atoms with E-state index in [2.05, 4.69) is 25.9 Å². The van der Waals surface area contributed by atoms with Crippen molar-refractivity contribution in [3.8, 4) is 5.88 Å². The lowest BCUT2D eigenvalue weighted by atomic mass is 9.70. The Morgan fingerprint density at radius 1 is 1.48 bits per heavy atom. The fourth-order valence-corrected chi connectivity index (χ4v) is 4.05. The first kappa shape index (κ1) is 14.4. The van der Waals surface area contributed by atoms with Crippen LogP contribution in [0.2, 0.25) is 0 Å². The fraction of sp³-hybridized carbons (Fsp3) is 0.750. The Labute approximate surface area is 125 Å². The van der Waals surface area contributed by atoms with Crippen LogP contribution in [0.4, 0.5) is 0 Å². The van der Waals surface area contributed by atoms with E-state index in [0.717, 1.165) is 12.8 Å². The number of hydrogen-bond donors (Lipinski definition) is 0. The minimum atomic E-state index is -0.328. The molecule has 3 atom stereocenters. The molecule has 2 saturated carbocycles. The standard InChI is InChI=1S/C16H23NO4/c1-10-7-13(17-21-10)19-9-14(18)20-12-8-11-5-6-16(12,4)15(11,2)3/h7,11-12H,5-6,8-9H2,1-4H3. The number of carbonyl (C=O) groups excluding carboxylic acids is 1. The van der Waals surface area contributed by atoms with Crippen LogP contribution in [0, 0.1) is 23.7 Å². The summed E-state index contributed by atoms with van der Waals surface area (Å²) in [6.07, 6.45) is 3.35. The van der Waals surface area contributed by atoms with Crippen molar-refractivity contribution in [1.82, 2.24) is 5.16 Å². The van der Waals surface area contributed by atoms with Gasteiger partial charge in [-0.15, -0.1) is 0 Å². The molecule has 0 amide bonds. The zero-order valence-corrected chi connectivity index (χ0v) is 13.1. The van der Waals surface area contributed by atoms with E-state index in [0.29, 0.717) is 17.6 Å². The predicted molar refractivity (Wildman–Crippen MR) is 75.8 cm³/mol. The summed E-state index contributed by atoms with van der Waals surface area (Å²) in [6.45, 7) is 8.50. The first-order valence-electron chi connectivity index (χ1n) is 7.58. The first-order valence-corrected chi connectivity index (χ1v) is 7.58. The average Bonchev–Trinajstić information content (AvgIpc) is 2.98. The quantitative estimate of drug-likeness (QED) is 0.798. The predicted octanol–water partition coefficient (Wildman–Crippen LogP) is 3.12. The van der Waals surface area contributed by atoms with Crippen molar-refractivity contribution >= 4 is 5.97 Å². The molecule has 0 saturated heterocycles. The zero-order chi connectivity index (χ0) is 15.3. The van der Waals surface area contributed by atoms with Crippen molar-refractivity contribution in [3.63, 3.8) is 0 Å². The third kappa shape index (κ3) is 2.23. The number of fused-ring (bicyclic) bond motifs is 2. The first-order chi connectivity index (χ1) is 9.83. The van der Waals surface area contributed by atoms with Gasteiger partial charge in [0.1, 0.15) is 11.9 Å². The maximum Gasteiger partial charge on any atom is 0.344 e. The maximum absolute atomic E-state index is 12.0. The third-order valence-corrected chi connectivity index (χ3v) is 5.93. The topological polar surface area (TPSA) is 61.6 Å². The summed E-state index contributed by atoms with van der Waals surface area (Å²) in [5.74, 6) is 1.30. The lowest BCUT2D eigenvalue weighted by molar-refractivity contribution is -0.159. The number of hydrogen-bond acceptors (Lipinski definition) is 5. The van der Waals surface area contributed by atoms with Crippen LogP contribution >= 0.6 is 0 Å². The number of esters is 1. The number of carbonyl (C=O) groups is 1. The van der Waals surface area contributed by atoms with Crippen LogP contribution in [-0.2, 0) is 9.53 Å². The molecule has 21 heavy (non-hydrogen) atoms. The summed E-state index contributed by atoms with van der Waals surface area (Å²) >= 11 is 0. The van der Waals surface area contributed by atoms with Crippen LogP contribution in [0.1, 0.15) is 45.8 Å². The maximum atomic E-state index is 12.0. The van der Waals surface area contributed by atoms with Gasteiger partial charge in [0.25, 0.3) is 5.88 Å². The lowest BCUT2D eigenvalue weighted by Crippen LogP contribution is -2.39. The van der Waals surface area contributed by atoms with Gasteiger partial charge in [-0.2, -0.15) is 0 Å². The van der Waals surface area contributed by atoms with Gasteiger partial charge in [0.2, 0.25) is 0 Å². The summed E-state index contributed by atoms with van der Waals surface area (Å²) < 4.78 is 15.9. The van der Waals surface area contributed by atoms with E-state index in [-0.39, 0.29) is 29.5 Å². The molecule has 5 heteroatoms. The molecule has 1 heterocycles. The average molecular weight is 293 g/mol. The molecule has 0 spiro atoms. The Morgan fingerprint density at radius 2 is 2.24 bits per heavy atom. The molecule has 0 aliphatic heterocycles. The molecule has 2 aliphatic rings. The molecule has 0 aromatic carbocycles. The second-order valence-corrected chi connectivity index (χ2v) is 7.15. The van der Waals surface area contributed by atoms with Crippen molar-refractivity contribution in [2.75, 3.05) is 6.61 Å². The van der Waals surface area contributed by atoms with Gasteiger partial charge in [-0.25, -0.2) is 4.79 Å². The van der Waals surface area contributed by atoms with E-state index >= 15 is 0 Å². The van der Waals surface area contributed by atoms with Gasteiger partial charge in [0, 0.05) is 11.5 Å². The molecule has 3 unspecified atom stereocenters. The van der Waals surface area contributed by atoms with Crippen molar-refractivity contribution < 1.29 is 18.8 Å². The van der Waals surface area contributed by atoms with E-state index in [1.165, 1.54) is 6.42 Å². The second-order valence-electron chi connectivity index (χ2n) is 7.15. The number of nitrogens with zero attached hydrogens (tertiary/aromatic N) is 1.